The number of benzene rings is 1. The van der Waals surface area contributed by atoms with Crippen LogP contribution in [0.15, 0.2) is 18.2 Å². The molecule has 0 spiro atoms. The molecule has 0 aromatic heterocycles. The summed E-state index contributed by atoms with van der Waals surface area (Å²) < 4.78 is 17.0. The third-order valence-electron chi connectivity index (χ3n) is 2.22. The first-order valence-corrected chi connectivity index (χ1v) is 5.22. The van der Waals surface area contributed by atoms with Crippen LogP contribution in [0.5, 0.6) is 5.75 Å². The zero-order valence-corrected chi connectivity index (χ0v) is 9.64. The van der Waals surface area contributed by atoms with Gasteiger partial charge in [0.2, 0.25) is 0 Å². The molecule has 0 fully saturated rings. The van der Waals surface area contributed by atoms with Crippen molar-refractivity contribution in [1.29, 1.82) is 0 Å². The molecular weight excluding hydrogens is 217 g/mol. The highest BCUT2D eigenvalue weighted by molar-refractivity contribution is 6.32. The molecule has 84 valence electrons. The molecule has 1 aromatic carbocycles. The molecule has 0 heterocycles. The standard InChI is InChI=1S/C11H15ClFNO/c1-8(14-2)9-3-4-11(10(12)7-9)15-6-5-13/h3-4,7-8,14H,5-6H2,1-2H3. The number of rotatable bonds is 5. The number of halogens is 2. The molecule has 0 saturated carbocycles. The van der Waals surface area contributed by atoms with E-state index in [4.69, 9.17) is 16.3 Å². The van der Waals surface area contributed by atoms with E-state index in [0.717, 1.165) is 5.56 Å². The van der Waals surface area contributed by atoms with Gasteiger partial charge in [-0.25, -0.2) is 4.39 Å². The van der Waals surface area contributed by atoms with Gasteiger partial charge in [-0.15, -0.1) is 0 Å². The van der Waals surface area contributed by atoms with Crippen LogP contribution < -0.4 is 10.1 Å². The minimum atomic E-state index is -0.509. The van der Waals surface area contributed by atoms with Crippen LogP contribution in [-0.2, 0) is 0 Å². The lowest BCUT2D eigenvalue weighted by Crippen LogP contribution is -2.12. The molecule has 1 atom stereocenters. The van der Waals surface area contributed by atoms with Gasteiger partial charge in [-0.3, -0.25) is 0 Å². The summed E-state index contributed by atoms with van der Waals surface area (Å²) in [6.07, 6.45) is 0. The van der Waals surface area contributed by atoms with Crippen molar-refractivity contribution >= 4 is 11.6 Å². The Morgan fingerprint density at radius 2 is 2.27 bits per heavy atom. The third kappa shape index (κ3) is 3.36. The first-order chi connectivity index (χ1) is 7.19. The maximum Gasteiger partial charge on any atom is 0.138 e. The van der Waals surface area contributed by atoms with Gasteiger partial charge in [0, 0.05) is 6.04 Å². The molecule has 0 bridgehead atoms. The molecule has 1 aromatic rings. The fourth-order valence-electron chi connectivity index (χ4n) is 1.22. The maximum absolute atomic E-state index is 11.9. The van der Waals surface area contributed by atoms with Gasteiger partial charge in [0.05, 0.1) is 5.02 Å². The molecule has 4 heteroatoms. The van der Waals surface area contributed by atoms with Crippen LogP contribution in [0, 0.1) is 0 Å². The molecule has 1 rings (SSSR count). The smallest absolute Gasteiger partial charge is 0.138 e. The van der Waals surface area contributed by atoms with E-state index in [0.29, 0.717) is 10.8 Å². The van der Waals surface area contributed by atoms with Gasteiger partial charge in [-0.2, -0.15) is 0 Å². The van der Waals surface area contributed by atoms with Crippen LogP contribution in [0.3, 0.4) is 0 Å². The highest BCUT2D eigenvalue weighted by Gasteiger charge is 2.06. The Morgan fingerprint density at radius 3 is 2.80 bits per heavy atom. The zero-order valence-electron chi connectivity index (χ0n) is 8.89. The van der Waals surface area contributed by atoms with Crippen LogP contribution >= 0.6 is 11.6 Å². The molecule has 15 heavy (non-hydrogen) atoms. The second-order valence-electron chi connectivity index (χ2n) is 3.24. The first-order valence-electron chi connectivity index (χ1n) is 4.84. The van der Waals surface area contributed by atoms with Crippen molar-refractivity contribution in [2.24, 2.45) is 0 Å². The molecule has 0 aliphatic heterocycles. The lowest BCUT2D eigenvalue weighted by atomic mass is 10.1. The Balaban J connectivity index is 2.78. The monoisotopic (exact) mass is 231 g/mol. The number of nitrogens with one attached hydrogen (secondary N) is 1. The molecule has 1 N–H and O–H groups in total. The van der Waals surface area contributed by atoms with Crippen molar-refractivity contribution in [3.63, 3.8) is 0 Å². The fourth-order valence-corrected chi connectivity index (χ4v) is 1.46. The van der Waals surface area contributed by atoms with Crippen molar-refractivity contribution < 1.29 is 9.13 Å². The average molecular weight is 232 g/mol. The lowest BCUT2D eigenvalue weighted by Gasteiger charge is -2.12. The third-order valence-corrected chi connectivity index (χ3v) is 2.52. The van der Waals surface area contributed by atoms with E-state index in [2.05, 4.69) is 5.32 Å². The minimum absolute atomic E-state index is 0.0423. The van der Waals surface area contributed by atoms with E-state index in [1.165, 1.54) is 0 Å². The molecule has 0 saturated heterocycles. The minimum Gasteiger partial charge on any atom is -0.489 e. The summed E-state index contributed by atoms with van der Waals surface area (Å²) in [6.45, 7) is 1.57. The second kappa shape index (κ2) is 5.93. The Hall–Kier alpha value is -0.800. The van der Waals surface area contributed by atoms with Gasteiger partial charge < -0.3 is 10.1 Å². The van der Waals surface area contributed by atoms with Crippen LogP contribution in [0.25, 0.3) is 0 Å². The largest absolute Gasteiger partial charge is 0.489 e. The van der Waals surface area contributed by atoms with Crippen LogP contribution in [0.2, 0.25) is 5.02 Å². The van der Waals surface area contributed by atoms with E-state index in [-0.39, 0.29) is 12.6 Å². The Labute approximate surface area is 94.4 Å². The predicted octanol–water partition coefficient (Wildman–Crippen LogP) is 2.97. The van der Waals surface area contributed by atoms with Gasteiger partial charge >= 0.3 is 0 Å². The van der Waals surface area contributed by atoms with Crippen LogP contribution in [-0.4, -0.2) is 20.3 Å². The van der Waals surface area contributed by atoms with Crippen molar-refractivity contribution in [3.8, 4) is 5.75 Å². The molecule has 2 nitrogen and oxygen atoms in total. The Morgan fingerprint density at radius 1 is 1.53 bits per heavy atom. The summed E-state index contributed by atoms with van der Waals surface area (Å²) in [6, 6.07) is 5.75. The van der Waals surface area contributed by atoms with Crippen LogP contribution in [0.1, 0.15) is 18.5 Å². The molecule has 0 amide bonds. The number of hydrogen-bond donors (Lipinski definition) is 1. The molecule has 0 aliphatic rings. The predicted molar refractivity (Wildman–Crippen MR) is 60.4 cm³/mol. The normalized spacial score (nSPS) is 12.5. The van der Waals surface area contributed by atoms with Crippen molar-refractivity contribution in [2.75, 3.05) is 20.3 Å². The van der Waals surface area contributed by atoms with E-state index < -0.39 is 6.67 Å². The highest BCUT2D eigenvalue weighted by atomic mass is 35.5. The SMILES string of the molecule is CNC(C)c1ccc(OCCF)c(Cl)c1. The van der Waals surface area contributed by atoms with Gasteiger partial charge in [-0.05, 0) is 31.7 Å². The Kier molecular flexibility index (Phi) is 4.85. The zero-order chi connectivity index (χ0) is 11.3. The maximum atomic E-state index is 11.9. The Bertz CT molecular complexity index is 319. The van der Waals surface area contributed by atoms with Crippen LogP contribution in [0.4, 0.5) is 4.39 Å². The average Bonchev–Trinajstić information content (AvgIpc) is 2.26. The van der Waals surface area contributed by atoms with Gasteiger partial charge in [0.25, 0.3) is 0 Å². The van der Waals surface area contributed by atoms with E-state index in [1.54, 1.807) is 6.07 Å². The van der Waals surface area contributed by atoms with Gasteiger partial charge in [0.15, 0.2) is 0 Å². The van der Waals surface area contributed by atoms with Gasteiger partial charge in [-0.1, -0.05) is 17.7 Å². The van der Waals surface area contributed by atoms with Crippen molar-refractivity contribution in [1.82, 2.24) is 5.32 Å². The van der Waals surface area contributed by atoms with E-state index in [1.807, 2.05) is 26.1 Å². The summed E-state index contributed by atoms with van der Waals surface area (Å²) in [5.41, 5.74) is 1.08. The summed E-state index contributed by atoms with van der Waals surface area (Å²) in [5.74, 6) is 0.529. The quantitative estimate of drug-likeness (QED) is 0.841. The summed E-state index contributed by atoms with van der Waals surface area (Å²) >= 11 is 5.99. The summed E-state index contributed by atoms with van der Waals surface area (Å²) in [7, 11) is 1.88. The highest BCUT2D eigenvalue weighted by Crippen LogP contribution is 2.27. The number of alkyl halides is 1. The van der Waals surface area contributed by atoms with E-state index >= 15 is 0 Å². The summed E-state index contributed by atoms with van der Waals surface area (Å²) in [4.78, 5) is 0. The van der Waals surface area contributed by atoms with Crippen molar-refractivity contribution in [2.45, 2.75) is 13.0 Å². The number of hydrogen-bond acceptors (Lipinski definition) is 2. The van der Waals surface area contributed by atoms with E-state index in [9.17, 15) is 4.39 Å². The van der Waals surface area contributed by atoms with Gasteiger partial charge in [0.1, 0.15) is 19.0 Å². The number of ether oxygens (including phenoxy) is 1. The summed E-state index contributed by atoms with van der Waals surface area (Å²) in [5, 5.41) is 3.63. The second-order valence-corrected chi connectivity index (χ2v) is 3.64. The molecule has 1 unspecified atom stereocenters. The first kappa shape index (κ1) is 12.3. The fraction of sp³-hybridized carbons (Fsp3) is 0.455. The topological polar surface area (TPSA) is 21.3 Å². The lowest BCUT2D eigenvalue weighted by molar-refractivity contribution is 0.273. The van der Waals surface area contributed by atoms with Crippen molar-refractivity contribution in [3.05, 3.63) is 28.8 Å². The molecular formula is C11H15ClFNO. The molecule has 0 aliphatic carbocycles. The molecule has 0 radical (unpaired) electrons.